The molecule has 2 aromatic rings. The molecule has 3 rings (SSSR count). The fourth-order valence-corrected chi connectivity index (χ4v) is 3.67. The molecule has 0 saturated carbocycles. The van der Waals surface area contributed by atoms with Crippen LogP contribution < -0.4 is 5.46 Å². The summed E-state index contributed by atoms with van der Waals surface area (Å²) in [6, 6.07) is 16.4. The number of hydrogen-bond donors (Lipinski definition) is 0. The van der Waals surface area contributed by atoms with Crippen molar-refractivity contribution in [3.63, 3.8) is 0 Å². The molecule has 0 atom stereocenters. The lowest BCUT2D eigenvalue weighted by molar-refractivity contribution is 0.00578. The van der Waals surface area contributed by atoms with E-state index in [2.05, 4.69) is 52.0 Å². The number of rotatable bonds is 4. The zero-order chi connectivity index (χ0) is 17.4. The predicted octanol–water partition coefficient (Wildman–Crippen LogP) is 4.93. The minimum Gasteiger partial charge on any atom is -0.399 e. The second-order valence-electron chi connectivity index (χ2n) is 7.05. The highest BCUT2D eigenvalue weighted by Crippen LogP contribution is 2.36. The maximum atomic E-state index is 6.20. The molecule has 0 aliphatic carbocycles. The van der Waals surface area contributed by atoms with Crippen molar-refractivity contribution in [3.8, 4) is 0 Å². The highest BCUT2D eigenvalue weighted by molar-refractivity contribution is 7.98. The second-order valence-corrected chi connectivity index (χ2v) is 8.47. The molecule has 0 amide bonds. The monoisotopic (exact) mass is 360 g/mol. The summed E-state index contributed by atoms with van der Waals surface area (Å²) in [5.41, 5.74) is 1.69. The van der Waals surface area contributed by atoms with Gasteiger partial charge >= 0.3 is 7.12 Å². The van der Waals surface area contributed by atoms with Crippen LogP contribution in [-0.2, 0) is 15.1 Å². The van der Waals surface area contributed by atoms with Crippen molar-refractivity contribution in [2.24, 2.45) is 0 Å². The van der Waals surface area contributed by atoms with Crippen LogP contribution in [0.25, 0.3) is 0 Å². The summed E-state index contributed by atoms with van der Waals surface area (Å²) in [7, 11) is -0.305. The normalized spacial score (nSPS) is 18.8. The molecule has 0 N–H and O–H groups in total. The largest absolute Gasteiger partial charge is 0.494 e. The summed E-state index contributed by atoms with van der Waals surface area (Å²) < 4.78 is 12.2. The Balaban J connectivity index is 1.65. The Hall–Kier alpha value is -0.935. The minimum atomic E-state index is -0.309. The first-order chi connectivity index (χ1) is 11.3. The predicted molar refractivity (Wildman–Crippen MR) is 103 cm³/mol. The van der Waals surface area contributed by atoms with Crippen LogP contribution in [0.3, 0.4) is 0 Å². The van der Waals surface area contributed by atoms with E-state index in [0.717, 1.165) is 21.1 Å². The fourth-order valence-electron chi connectivity index (χ4n) is 2.47. The standard InChI is InChI=1S/C19H22BClO2S/c1-18(2)19(3,4)23-20(22-18)15-11-9-14(10-12-15)13-24-17-8-6-5-7-16(17)21/h5-12H,13H2,1-4H3. The molecule has 0 unspecified atom stereocenters. The number of hydrogen-bond acceptors (Lipinski definition) is 3. The molecule has 0 radical (unpaired) electrons. The topological polar surface area (TPSA) is 18.5 Å². The van der Waals surface area contributed by atoms with Crippen LogP contribution in [-0.4, -0.2) is 18.3 Å². The highest BCUT2D eigenvalue weighted by atomic mass is 35.5. The maximum Gasteiger partial charge on any atom is 0.494 e. The zero-order valence-electron chi connectivity index (χ0n) is 14.5. The summed E-state index contributed by atoms with van der Waals surface area (Å²) >= 11 is 7.94. The minimum absolute atomic E-state index is 0.305. The molecule has 1 fully saturated rings. The van der Waals surface area contributed by atoms with E-state index >= 15 is 0 Å². The van der Waals surface area contributed by atoms with Crippen LogP contribution in [0.5, 0.6) is 0 Å². The van der Waals surface area contributed by atoms with Crippen LogP contribution in [0.2, 0.25) is 5.02 Å². The van der Waals surface area contributed by atoms with Crippen LogP contribution in [0.1, 0.15) is 33.3 Å². The van der Waals surface area contributed by atoms with Crippen molar-refractivity contribution in [2.45, 2.75) is 49.5 Å². The van der Waals surface area contributed by atoms with E-state index < -0.39 is 0 Å². The molecule has 1 aliphatic rings. The highest BCUT2D eigenvalue weighted by Gasteiger charge is 2.51. The summed E-state index contributed by atoms with van der Waals surface area (Å²) in [6.07, 6.45) is 0. The Kier molecular flexibility index (Phi) is 5.03. The van der Waals surface area contributed by atoms with E-state index in [4.69, 9.17) is 20.9 Å². The molecule has 1 aliphatic heterocycles. The van der Waals surface area contributed by atoms with Gasteiger partial charge in [0.2, 0.25) is 0 Å². The van der Waals surface area contributed by atoms with Crippen molar-refractivity contribution in [1.82, 2.24) is 0 Å². The average molecular weight is 361 g/mol. The van der Waals surface area contributed by atoms with E-state index in [0.29, 0.717) is 0 Å². The summed E-state index contributed by atoms with van der Waals surface area (Å²) in [5, 5.41) is 0.802. The van der Waals surface area contributed by atoms with E-state index in [1.165, 1.54) is 5.56 Å². The van der Waals surface area contributed by atoms with Gasteiger partial charge in [0.25, 0.3) is 0 Å². The molecule has 0 bridgehead atoms. The maximum absolute atomic E-state index is 6.20. The van der Waals surface area contributed by atoms with E-state index in [-0.39, 0.29) is 18.3 Å². The average Bonchev–Trinajstić information content (AvgIpc) is 2.75. The van der Waals surface area contributed by atoms with Gasteiger partial charge in [0.15, 0.2) is 0 Å². The molecule has 5 heteroatoms. The molecular formula is C19H22BClO2S. The summed E-state index contributed by atoms with van der Waals surface area (Å²) in [4.78, 5) is 1.11. The molecule has 0 aromatic heterocycles. The molecule has 1 saturated heterocycles. The Labute approximate surface area is 154 Å². The lowest BCUT2D eigenvalue weighted by Crippen LogP contribution is -2.41. The van der Waals surface area contributed by atoms with Gasteiger partial charge in [-0.15, -0.1) is 11.8 Å². The molecule has 24 heavy (non-hydrogen) atoms. The quantitative estimate of drug-likeness (QED) is 0.569. The van der Waals surface area contributed by atoms with Gasteiger partial charge in [0.05, 0.1) is 16.2 Å². The van der Waals surface area contributed by atoms with Crippen molar-refractivity contribution >= 4 is 35.9 Å². The van der Waals surface area contributed by atoms with Crippen LogP contribution in [0.15, 0.2) is 53.4 Å². The zero-order valence-corrected chi connectivity index (χ0v) is 16.1. The Morgan fingerprint density at radius 3 is 2.08 bits per heavy atom. The van der Waals surface area contributed by atoms with Gasteiger partial charge in [0, 0.05) is 10.6 Å². The van der Waals surface area contributed by atoms with Crippen molar-refractivity contribution < 1.29 is 9.31 Å². The summed E-state index contributed by atoms with van der Waals surface area (Å²) in [6.45, 7) is 8.28. The molecular weight excluding hydrogens is 339 g/mol. The van der Waals surface area contributed by atoms with E-state index in [1.807, 2.05) is 24.3 Å². The Morgan fingerprint density at radius 2 is 1.50 bits per heavy atom. The van der Waals surface area contributed by atoms with Gasteiger partial charge in [-0.05, 0) is 50.9 Å². The second kappa shape index (κ2) is 6.76. The number of benzene rings is 2. The first kappa shape index (κ1) is 17.9. The molecule has 2 nitrogen and oxygen atoms in total. The number of thioether (sulfide) groups is 1. The van der Waals surface area contributed by atoms with Gasteiger partial charge in [-0.25, -0.2) is 0 Å². The smallest absolute Gasteiger partial charge is 0.399 e. The van der Waals surface area contributed by atoms with Gasteiger partial charge in [-0.1, -0.05) is 48.0 Å². The Morgan fingerprint density at radius 1 is 0.917 bits per heavy atom. The third-order valence-corrected chi connectivity index (χ3v) is 6.32. The third-order valence-electron chi connectivity index (χ3n) is 4.74. The molecule has 2 aromatic carbocycles. The van der Waals surface area contributed by atoms with Crippen LogP contribution in [0.4, 0.5) is 0 Å². The molecule has 126 valence electrons. The SMILES string of the molecule is CC1(C)OB(c2ccc(CSc3ccccc3Cl)cc2)OC1(C)C. The lowest BCUT2D eigenvalue weighted by atomic mass is 9.79. The first-order valence-corrected chi connectivity index (χ1v) is 9.47. The first-order valence-electron chi connectivity index (χ1n) is 8.10. The van der Waals surface area contributed by atoms with Gasteiger partial charge < -0.3 is 9.31 Å². The van der Waals surface area contributed by atoms with Crippen molar-refractivity contribution in [1.29, 1.82) is 0 Å². The van der Waals surface area contributed by atoms with Crippen molar-refractivity contribution in [2.75, 3.05) is 0 Å². The van der Waals surface area contributed by atoms with E-state index in [9.17, 15) is 0 Å². The van der Waals surface area contributed by atoms with Crippen molar-refractivity contribution in [3.05, 3.63) is 59.1 Å². The van der Waals surface area contributed by atoms with E-state index in [1.54, 1.807) is 11.8 Å². The molecule has 1 heterocycles. The Bertz CT molecular complexity index is 700. The van der Waals surface area contributed by atoms with Gasteiger partial charge in [-0.2, -0.15) is 0 Å². The van der Waals surface area contributed by atoms with Crippen LogP contribution in [0, 0.1) is 0 Å². The fraction of sp³-hybridized carbons (Fsp3) is 0.368. The van der Waals surface area contributed by atoms with Gasteiger partial charge in [-0.3, -0.25) is 0 Å². The lowest BCUT2D eigenvalue weighted by Gasteiger charge is -2.32. The van der Waals surface area contributed by atoms with Crippen LogP contribution >= 0.6 is 23.4 Å². The number of halogens is 1. The molecule has 0 spiro atoms. The third kappa shape index (κ3) is 3.67. The van der Waals surface area contributed by atoms with Gasteiger partial charge in [0.1, 0.15) is 0 Å². The summed E-state index contributed by atoms with van der Waals surface area (Å²) in [5.74, 6) is 0.882.